The maximum absolute atomic E-state index is 14.2. The minimum atomic E-state index is -0.650. The fraction of sp³-hybridized carbons (Fsp3) is 0.520. The van der Waals surface area contributed by atoms with E-state index in [4.69, 9.17) is 0 Å². The minimum Gasteiger partial charge on any atom is -0.303 e. The summed E-state index contributed by atoms with van der Waals surface area (Å²) in [5.41, 5.74) is 3.97. The van der Waals surface area contributed by atoms with Gasteiger partial charge in [-0.25, -0.2) is 4.39 Å². The van der Waals surface area contributed by atoms with Gasteiger partial charge in [0.25, 0.3) is 0 Å². The monoisotopic (exact) mass is 367 g/mol. The van der Waals surface area contributed by atoms with Crippen molar-refractivity contribution >= 4 is 0 Å². The quantitative estimate of drug-likeness (QED) is 0.538. The molecule has 0 bridgehead atoms. The van der Waals surface area contributed by atoms with Crippen LogP contribution in [0.2, 0.25) is 0 Å². The Kier molecular flexibility index (Phi) is 7.46. The summed E-state index contributed by atoms with van der Waals surface area (Å²) >= 11 is 0. The number of hydrogen-bond donors (Lipinski definition) is 0. The van der Waals surface area contributed by atoms with Gasteiger partial charge in [-0.2, -0.15) is 0 Å². The van der Waals surface area contributed by atoms with Crippen molar-refractivity contribution in [1.82, 2.24) is 4.90 Å². The molecule has 146 valence electrons. The molecule has 1 aliphatic rings. The minimum absolute atomic E-state index is 0.121. The smallest absolute Gasteiger partial charge is 0.107 e. The molecule has 1 nitrogen and oxygen atoms in total. The number of halogens is 1. The SMILES string of the molecule is CC(CCc1ccc(C2CCCCC2F)cc1)N(C)CCc1ccccc1. The van der Waals surface area contributed by atoms with Crippen LogP contribution in [-0.2, 0) is 12.8 Å². The summed E-state index contributed by atoms with van der Waals surface area (Å²) < 4.78 is 14.2. The number of benzene rings is 2. The van der Waals surface area contributed by atoms with Gasteiger partial charge >= 0.3 is 0 Å². The molecule has 0 aromatic heterocycles. The molecule has 0 saturated heterocycles. The molecule has 2 heteroatoms. The first-order chi connectivity index (χ1) is 13.1. The normalized spacial score (nSPS) is 21.3. The second kappa shape index (κ2) is 10.0. The van der Waals surface area contributed by atoms with Crippen molar-refractivity contribution < 1.29 is 4.39 Å². The third-order valence-electron chi connectivity index (χ3n) is 6.29. The molecule has 3 atom stereocenters. The Bertz CT molecular complexity index is 666. The number of aryl methyl sites for hydroxylation is 1. The Morgan fingerprint density at radius 1 is 0.926 bits per heavy atom. The summed E-state index contributed by atoms with van der Waals surface area (Å²) in [7, 11) is 2.22. The molecule has 2 aromatic carbocycles. The van der Waals surface area contributed by atoms with Gasteiger partial charge in [0, 0.05) is 18.5 Å². The largest absolute Gasteiger partial charge is 0.303 e. The van der Waals surface area contributed by atoms with Gasteiger partial charge in [-0.15, -0.1) is 0 Å². The fourth-order valence-corrected chi connectivity index (χ4v) is 4.16. The van der Waals surface area contributed by atoms with Crippen molar-refractivity contribution in [3.8, 4) is 0 Å². The molecule has 2 aromatic rings. The third kappa shape index (κ3) is 5.90. The molecule has 0 heterocycles. The van der Waals surface area contributed by atoms with Crippen molar-refractivity contribution in [3.63, 3.8) is 0 Å². The highest BCUT2D eigenvalue weighted by atomic mass is 19.1. The van der Waals surface area contributed by atoms with Gasteiger partial charge in [0.05, 0.1) is 0 Å². The van der Waals surface area contributed by atoms with Crippen LogP contribution in [0.3, 0.4) is 0 Å². The van der Waals surface area contributed by atoms with Gasteiger partial charge < -0.3 is 4.90 Å². The molecule has 1 fully saturated rings. The Balaban J connectivity index is 1.44. The lowest BCUT2D eigenvalue weighted by Crippen LogP contribution is -2.31. The van der Waals surface area contributed by atoms with Gasteiger partial charge in [0.1, 0.15) is 6.17 Å². The third-order valence-corrected chi connectivity index (χ3v) is 6.29. The van der Waals surface area contributed by atoms with E-state index in [1.165, 1.54) is 23.1 Å². The summed E-state index contributed by atoms with van der Waals surface area (Å²) in [5, 5.41) is 0. The van der Waals surface area contributed by atoms with Gasteiger partial charge in [-0.1, -0.05) is 67.4 Å². The number of nitrogens with zero attached hydrogens (tertiary/aromatic N) is 1. The predicted molar refractivity (Wildman–Crippen MR) is 113 cm³/mol. The zero-order chi connectivity index (χ0) is 19.1. The number of rotatable bonds is 8. The van der Waals surface area contributed by atoms with Crippen LogP contribution in [0.15, 0.2) is 54.6 Å². The van der Waals surface area contributed by atoms with E-state index in [0.717, 1.165) is 45.1 Å². The van der Waals surface area contributed by atoms with Crippen LogP contribution in [0.4, 0.5) is 4.39 Å². The average molecular weight is 368 g/mol. The Hall–Kier alpha value is -1.67. The fourth-order valence-electron chi connectivity index (χ4n) is 4.16. The van der Waals surface area contributed by atoms with Crippen molar-refractivity contribution in [2.75, 3.05) is 13.6 Å². The molecule has 3 rings (SSSR count). The molecule has 1 saturated carbocycles. The standard InChI is InChI=1S/C25H34FN/c1-20(27(2)19-18-21-8-4-3-5-9-21)12-13-22-14-16-23(17-15-22)24-10-6-7-11-25(24)26/h3-5,8-9,14-17,20,24-25H,6-7,10-13,18-19H2,1-2H3. The molecule has 27 heavy (non-hydrogen) atoms. The van der Waals surface area contributed by atoms with Gasteiger partial charge in [0.2, 0.25) is 0 Å². The highest BCUT2D eigenvalue weighted by Gasteiger charge is 2.25. The topological polar surface area (TPSA) is 3.24 Å². The van der Waals surface area contributed by atoms with Crippen LogP contribution in [0.25, 0.3) is 0 Å². The predicted octanol–water partition coefficient (Wildman–Crippen LogP) is 6.18. The second-order valence-corrected chi connectivity index (χ2v) is 8.25. The molecule has 3 unspecified atom stereocenters. The number of hydrogen-bond acceptors (Lipinski definition) is 1. The van der Waals surface area contributed by atoms with Gasteiger partial charge in [-0.3, -0.25) is 0 Å². The summed E-state index contributed by atoms with van der Waals surface area (Å²) in [6, 6.07) is 20.0. The molecule has 0 amide bonds. The van der Waals surface area contributed by atoms with Gasteiger partial charge in [-0.05, 0) is 62.8 Å². The summed E-state index contributed by atoms with van der Waals surface area (Å²) in [4.78, 5) is 2.46. The number of alkyl halides is 1. The summed E-state index contributed by atoms with van der Waals surface area (Å²) in [5.74, 6) is 0.121. The van der Waals surface area contributed by atoms with E-state index in [9.17, 15) is 4.39 Å². The highest BCUT2D eigenvalue weighted by molar-refractivity contribution is 5.27. The summed E-state index contributed by atoms with van der Waals surface area (Å²) in [6.45, 7) is 3.40. The lowest BCUT2D eigenvalue weighted by molar-refractivity contribution is 0.216. The van der Waals surface area contributed by atoms with E-state index in [-0.39, 0.29) is 5.92 Å². The van der Waals surface area contributed by atoms with E-state index < -0.39 is 6.17 Å². The maximum atomic E-state index is 14.2. The number of likely N-dealkylation sites (N-methyl/N-ethyl adjacent to an activating group) is 1. The second-order valence-electron chi connectivity index (χ2n) is 8.25. The Morgan fingerprint density at radius 3 is 2.30 bits per heavy atom. The molecular formula is C25H34FN. The molecule has 0 aliphatic heterocycles. The van der Waals surface area contributed by atoms with Crippen LogP contribution in [0.1, 0.15) is 61.6 Å². The van der Waals surface area contributed by atoms with Crippen molar-refractivity contribution in [2.24, 2.45) is 0 Å². The van der Waals surface area contributed by atoms with E-state index in [2.05, 4.69) is 73.5 Å². The van der Waals surface area contributed by atoms with Crippen LogP contribution in [-0.4, -0.2) is 30.7 Å². The van der Waals surface area contributed by atoms with Crippen LogP contribution < -0.4 is 0 Å². The van der Waals surface area contributed by atoms with Gasteiger partial charge in [0.15, 0.2) is 0 Å². The lowest BCUT2D eigenvalue weighted by Gasteiger charge is -2.26. The summed E-state index contributed by atoms with van der Waals surface area (Å²) in [6.07, 6.45) is 6.64. The first-order valence-corrected chi connectivity index (χ1v) is 10.6. The van der Waals surface area contributed by atoms with Crippen molar-refractivity contribution in [1.29, 1.82) is 0 Å². The lowest BCUT2D eigenvalue weighted by atomic mass is 9.82. The molecule has 1 aliphatic carbocycles. The first kappa shape index (κ1) is 20.1. The van der Waals surface area contributed by atoms with Crippen LogP contribution in [0, 0.1) is 0 Å². The van der Waals surface area contributed by atoms with Crippen molar-refractivity contribution in [3.05, 3.63) is 71.3 Å². The Morgan fingerprint density at radius 2 is 1.59 bits per heavy atom. The first-order valence-electron chi connectivity index (χ1n) is 10.6. The van der Waals surface area contributed by atoms with E-state index in [1.54, 1.807) is 0 Å². The zero-order valence-electron chi connectivity index (χ0n) is 16.9. The van der Waals surface area contributed by atoms with E-state index >= 15 is 0 Å². The molecule has 0 spiro atoms. The zero-order valence-corrected chi connectivity index (χ0v) is 16.9. The molecule has 0 radical (unpaired) electrons. The molecular weight excluding hydrogens is 333 g/mol. The Labute approximate surface area is 164 Å². The average Bonchev–Trinajstić information content (AvgIpc) is 2.72. The van der Waals surface area contributed by atoms with Crippen molar-refractivity contribution in [2.45, 2.75) is 70.0 Å². The van der Waals surface area contributed by atoms with Crippen LogP contribution in [0.5, 0.6) is 0 Å². The van der Waals surface area contributed by atoms with E-state index in [1.807, 2.05) is 0 Å². The van der Waals surface area contributed by atoms with E-state index in [0.29, 0.717) is 6.04 Å². The maximum Gasteiger partial charge on any atom is 0.107 e. The van der Waals surface area contributed by atoms with Crippen LogP contribution >= 0.6 is 0 Å². The highest BCUT2D eigenvalue weighted by Crippen LogP contribution is 2.35. The molecule has 0 N–H and O–H groups in total.